The lowest BCUT2D eigenvalue weighted by atomic mass is 10.0. The van der Waals surface area contributed by atoms with Gasteiger partial charge in [-0.2, -0.15) is 0 Å². The minimum Gasteiger partial charge on any atom is -0.481 e. The maximum absolute atomic E-state index is 12.0. The van der Waals surface area contributed by atoms with Crippen LogP contribution in [0.15, 0.2) is 0 Å². The van der Waals surface area contributed by atoms with Crippen molar-refractivity contribution in [3.8, 4) is 0 Å². The van der Waals surface area contributed by atoms with Crippen molar-refractivity contribution < 1.29 is 14.7 Å². The summed E-state index contributed by atoms with van der Waals surface area (Å²) in [6, 6.07) is -0.204. The normalized spacial score (nSPS) is 24.9. The number of aliphatic carboxylic acids is 1. The van der Waals surface area contributed by atoms with E-state index in [9.17, 15) is 9.59 Å². The van der Waals surface area contributed by atoms with Crippen molar-refractivity contribution in [1.82, 2.24) is 10.2 Å². The number of nitrogens with zero attached hydrogens (tertiary/aromatic N) is 1. The van der Waals surface area contributed by atoms with Crippen molar-refractivity contribution in [3.63, 3.8) is 0 Å². The number of unbranched alkanes of at least 4 members (excludes halogenated alkanes) is 1. The van der Waals surface area contributed by atoms with Crippen LogP contribution in [0.4, 0.5) is 4.79 Å². The molecule has 1 saturated heterocycles. The number of carbonyl (C=O) groups is 2. The van der Waals surface area contributed by atoms with Crippen molar-refractivity contribution in [3.05, 3.63) is 0 Å². The van der Waals surface area contributed by atoms with E-state index >= 15 is 0 Å². The van der Waals surface area contributed by atoms with Crippen LogP contribution >= 0.6 is 0 Å². The van der Waals surface area contributed by atoms with E-state index in [-0.39, 0.29) is 18.1 Å². The number of carboxylic acids is 1. The fourth-order valence-electron chi connectivity index (χ4n) is 2.43. The molecule has 104 valence electrons. The maximum atomic E-state index is 12.0. The molecule has 0 aliphatic carbocycles. The van der Waals surface area contributed by atoms with Gasteiger partial charge in [0.05, 0.1) is 5.92 Å². The molecule has 1 aliphatic rings. The number of hydrogen-bond acceptors (Lipinski definition) is 2. The molecule has 3 unspecified atom stereocenters. The number of urea groups is 1. The highest BCUT2D eigenvalue weighted by Gasteiger charge is 2.38. The summed E-state index contributed by atoms with van der Waals surface area (Å²) < 4.78 is 0. The average Bonchev–Trinajstić information content (AvgIpc) is 2.68. The zero-order valence-electron chi connectivity index (χ0n) is 11.5. The summed E-state index contributed by atoms with van der Waals surface area (Å²) in [6.07, 6.45) is 3.72. The van der Waals surface area contributed by atoms with E-state index in [0.717, 1.165) is 19.3 Å². The zero-order valence-corrected chi connectivity index (χ0v) is 11.5. The number of hydrogen-bond donors (Lipinski definition) is 2. The van der Waals surface area contributed by atoms with Gasteiger partial charge in [-0.15, -0.1) is 0 Å². The summed E-state index contributed by atoms with van der Waals surface area (Å²) in [7, 11) is 0. The predicted octanol–water partition coefficient (Wildman–Crippen LogP) is 2.07. The third-order valence-corrected chi connectivity index (χ3v) is 3.69. The Bertz CT molecular complexity index is 307. The fourth-order valence-corrected chi connectivity index (χ4v) is 2.43. The first-order valence-corrected chi connectivity index (χ1v) is 6.77. The molecule has 1 aliphatic heterocycles. The van der Waals surface area contributed by atoms with Gasteiger partial charge in [-0.05, 0) is 26.7 Å². The molecule has 1 fully saturated rings. The summed E-state index contributed by atoms with van der Waals surface area (Å²) in [5, 5.41) is 12.0. The molecule has 0 spiro atoms. The van der Waals surface area contributed by atoms with E-state index in [4.69, 9.17) is 5.11 Å². The Morgan fingerprint density at radius 3 is 2.67 bits per heavy atom. The lowest BCUT2D eigenvalue weighted by Gasteiger charge is -2.25. The molecule has 2 amide bonds. The van der Waals surface area contributed by atoms with Gasteiger partial charge in [0, 0.05) is 18.6 Å². The SMILES string of the molecule is CCCCC(C)NC(=O)N1CCC(C(=O)O)C1C. The first-order valence-electron chi connectivity index (χ1n) is 6.77. The number of amides is 2. The molecular formula is C13H24N2O3. The molecule has 0 aromatic carbocycles. The average molecular weight is 256 g/mol. The zero-order chi connectivity index (χ0) is 13.7. The summed E-state index contributed by atoms with van der Waals surface area (Å²) in [5.74, 6) is -1.24. The van der Waals surface area contributed by atoms with E-state index in [2.05, 4.69) is 12.2 Å². The molecular weight excluding hydrogens is 232 g/mol. The van der Waals surface area contributed by atoms with E-state index in [1.807, 2.05) is 13.8 Å². The molecule has 0 saturated carbocycles. The van der Waals surface area contributed by atoms with Crippen molar-refractivity contribution in [2.75, 3.05) is 6.54 Å². The van der Waals surface area contributed by atoms with E-state index < -0.39 is 11.9 Å². The highest BCUT2D eigenvalue weighted by molar-refractivity contribution is 5.78. The highest BCUT2D eigenvalue weighted by atomic mass is 16.4. The molecule has 5 heteroatoms. The second-order valence-electron chi connectivity index (χ2n) is 5.16. The third kappa shape index (κ3) is 3.62. The first-order chi connectivity index (χ1) is 8.47. The minimum absolute atomic E-state index is 0.130. The topological polar surface area (TPSA) is 69.6 Å². The molecule has 0 aromatic heterocycles. The third-order valence-electron chi connectivity index (χ3n) is 3.69. The number of carboxylic acid groups (broad SMARTS) is 1. The standard InChI is InChI=1S/C13H24N2O3/c1-4-5-6-9(2)14-13(18)15-8-7-11(10(15)3)12(16)17/h9-11H,4-8H2,1-3H3,(H,14,18)(H,16,17). The van der Waals surface area contributed by atoms with Crippen molar-refractivity contribution in [2.24, 2.45) is 5.92 Å². The van der Waals surface area contributed by atoms with Crippen LogP contribution in [-0.2, 0) is 4.79 Å². The quantitative estimate of drug-likeness (QED) is 0.791. The van der Waals surface area contributed by atoms with Crippen molar-refractivity contribution in [2.45, 2.75) is 58.5 Å². The van der Waals surface area contributed by atoms with Crippen LogP contribution in [0.3, 0.4) is 0 Å². The molecule has 0 radical (unpaired) electrons. The van der Waals surface area contributed by atoms with E-state index in [1.54, 1.807) is 4.90 Å². The largest absolute Gasteiger partial charge is 0.481 e. The minimum atomic E-state index is -0.808. The molecule has 1 rings (SSSR count). The van der Waals surface area contributed by atoms with Gasteiger partial charge in [0.1, 0.15) is 0 Å². The van der Waals surface area contributed by atoms with Gasteiger partial charge in [-0.3, -0.25) is 4.79 Å². The van der Waals surface area contributed by atoms with Crippen LogP contribution in [0.5, 0.6) is 0 Å². The number of nitrogens with one attached hydrogen (secondary N) is 1. The van der Waals surface area contributed by atoms with Crippen molar-refractivity contribution >= 4 is 12.0 Å². The lowest BCUT2D eigenvalue weighted by molar-refractivity contribution is -0.142. The smallest absolute Gasteiger partial charge is 0.317 e. The Morgan fingerprint density at radius 1 is 1.50 bits per heavy atom. The van der Waals surface area contributed by atoms with Gasteiger partial charge in [0.2, 0.25) is 0 Å². The Hall–Kier alpha value is -1.26. The molecule has 2 N–H and O–H groups in total. The van der Waals surface area contributed by atoms with Gasteiger partial charge in [0.15, 0.2) is 0 Å². The van der Waals surface area contributed by atoms with Crippen LogP contribution in [0, 0.1) is 5.92 Å². The van der Waals surface area contributed by atoms with Gasteiger partial charge < -0.3 is 15.3 Å². The maximum Gasteiger partial charge on any atom is 0.317 e. The van der Waals surface area contributed by atoms with Crippen LogP contribution in [-0.4, -0.2) is 40.6 Å². The van der Waals surface area contributed by atoms with Gasteiger partial charge >= 0.3 is 12.0 Å². The van der Waals surface area contributed by atoms with Crippen LogP contribution < -0.4 is 5.32 Å². The molecule has 5 nitrogen and oxygen atoms in total. The van der Waals surface area contributed by atoms with Crippen molar-refractivity contribution in [1.29, 1.82) is 0 Å². The number of carbonyl (C=O) groups excluding carboxylic acids is 1. The van der Waals surface area contributed by atoms with Crippen LogP contribution in [0.25, 0.3) is 0 Å². The van der Waals surface area contributed by atoms with E-state index in [0.29, 0.717) is 13.0 Å². The van der Waals surface area contributed by atoms with Gasteiger partial charge in [-0.25, -0.2) is 4.79 Å². The number of rotatable bonds is 5. The molecule has 0 bridgehead atoms. The monoisotopic (exact) mass is 256 g/mol. The summed E-state index contributed by atoms with van der Waals surface area (Å²) in [6.45, 7) is 6.45. The number of likely N-dealkylation sites (tertiary alicyclic amines) is 1. The predicted molar refractivity (Wildman–Crippen MR) is 69.4 cm³/mol. The summed E-state index contributed by atoms with van der Waals surface area (Å²) >= 11 is 0. The Labute approximate surface area is 109 Å². The Morgan fingerprint density at radius 2 is 2.17 bits per heavy atom. The highest BCUT2D eigenvalue weighted by Crippen LogP contribution is 2.24. The van der Waals surface area contributed by atoms with Crippen LogP contribution in [0.1, 0.15) is 46.5 Å². The molecule has 3 atom stereocenters. The Balaban J connectivity index is 2.45. The summed E-state index contributed by atoms with van der Waals surface area (Å²) in [4.78, 5) is 24.6. The second-order valence-corrected chi connectivity index (χ2v) is 5.16. The molecule has 1 heterocycles. The summed E-state index contributed by atoms with van der Waals surface area (Å²) in [5.41, 5.74) is 0. The first kappa shape index (κ1) is 14.8. The Kier molecular flexibility index (Phi) is 5.44. The molecule has 0 aromatic rings. The van der Waals surface area contributed by atoms with Gasteiger partial charge in [-0.1, -0.05) is 19.8 Å². The van der Waals surface area contributed by atoms with E-state index in [1.165, 1.54) is 0 Å². The van der Waals surface area contributed by atoms with Gasteiger partial charge in [0.25, 0.3) is 0 Å². The second kappa shape index (κ2) is 6.61. The fraction of sp³-hybridized carbons (Fsp3) is 0.846. The van der Waals surface area contributed by atoms with Crippen LogP contribution in [0.2, 0.25) is 0 Å². The molecule has 18 heavy (non-hydrogen) atoms. The lowest BCUT2D eigenvalue weighted by Crippen LogP contribution is -2.46.